The van der Waals surface area contributed by atoms with Gasteiger partial charge in [0.1, 0.15) is 5.60 Å². The predicted octanol–water partition coefficient (Wildman–Crippen LogP) is 2.65. The van der Waals surface area contributed by atoms with E-state index in [-0.39, 0.29) is 6.09 Å². The summed E-state index contributed by atoms with van der Waals surface area (Å²) in [4.78, 5) is 11.6. The van der Waals surface area contributed by atoms with Crippen LogP contribution in [0.15, 0.2) is 0 Å². The van der Waals surface area contributed by atoms with Crippen LogP contribution in [0.5, 0.6) is 0 Å². The average molecular weight is 333 g/mol. The molecule has 0 spiro atoms. The molecule has 130 valence electrons. The van der Waals surface area contributed by atoms with Gasteiger partial charge in [-0.1, -0.05) is 0 Å². The normalized spacial score (nSPS) is 19.9. The first-order valence-electron chi connectivity index (χ1n) is 8.17. The molecule has 2 atom stereocenters. The van der Waals surface area contributed by atoms with E-state index in [4.69, 9.17) is 9.47 Å². The maximum atomic E-state index is 11.6. The molecule has 0 aromatic carbocycles. The van der Waals surface area contributed by atoms with E-state index in [1.807, 2.05) is 32.5 Å². The highest BCUT2D eigenvalue weighted by Gasteiger charge is 2.18. The van der Waals surface area contributed by atoms with Crippen LogP contribution in [-0.2, 0) is 9.47 Å². The minimum atomic E-state index is -0.441. The molecule has 0 aromatic heterocycles. The second kappa shape index (κ2) is 10.3. The van der Waals surface area contributed by atoms with Gasteiger partial charge in [0.15, 0.2) is 0 Å². The van der Waals surface area contributed by atoms with Crippen molar-refractivity contribution in [2.75, 3.05) is 38.3 Å². The average Bonchev–Trinajstić information content (AvgIpc) is 2.92. The van der Waals surface area contributed by atoms with Crippen LogP contribution >= 0.6 is 11.8 Å². The Balaban J connectivity index is 2.13. The summed E-state index contributed by atoms with van der Waals surface area (Å²) in [5, 5.41) is 6.41. The number of methoxy groups -OCH3 is 1. The van der Waals surface area contributed by atoms with Gasteiger partial charge in [0.25, 0.3) is 0 Å². The standard InChI is InChI=1S/C16H32N2O3S/c1-16(2,3)21-15(19)17-8-5-6-14(11-20-4)18-10-13-7-9-22-12-13/h13-14,18H,5-12H2,1-4H3,(H,17,19). The lowest BCUT2D eigenvalue weighted by molar-refractivity contribution is 0.0526. The molecule has 1 heterocycles. The third kappa shape index (κ3) is 9.54. The van der Waals surface area contributed by atoms with Gasteiger partial charge in [-0.25, -0.2) is 4.79 Å². The Kier molecular flexibility index (Phi) is 9.21. The molecular weight excluding hydrogens is 300 g/mol. The molecule has 1 amide bonds. The molecule has 0 aliphatic carbocycles. The highest BCUT2D eigenvalue weighted by molar-refractivity contribution is 7.99. The number of ether oxygens (including phenoxy) is 2. The molecule has 1 aliphatic heterocycles. The molecule has 22 heavy (non-hydrogen) atoms. The first kappa shape index (κ1) is 19.6. The zero-order chi connectivity index (χ0) is 16.4. The first-order valence-corrected chi connectivity index (χ1v) is 9.33. The van der Waals surface area contributed by atoms with Gasteiger partial charge in [-0.05, 0) is 64.0 Å². The Morgan fingerprint density at radius 1 is 1.41 bits per heavy atom. The third-order valence-electron chi connectivity index (χ3n) is 3.48. The van der Waals surface area contributed by atoms with Crippen molar-refractivity contribution in [3.63, 3.8) is 0 Å². The zero-order valence-electron chi connectivity index (χ0n) is 14.4. The molecule has 0 bridgehead atoms. The topological polar surface area (TPSA) is 59.6 Å². The van der Waals surface area contributed by atoms with E-state index in [1.165, 1.54) is 17.9 Å². The first-order chi connectivity index (χ1) is 10.4. The van der Waals surface area contributed by atoms with Gasteiger partial charge >= 0.3 is 6.09 Å². The quantitative estimate of drug-likeness (QED) is 0.636. The van der Waals surface area contributed by atoms with Gasteiger partial charge in [0.05, 0.1) is 6.61 Å². The van der Waals surface area contributed by atoms with Crippen LogP contribution in [0.4, 0.5) is 4.79 Å². The van der Waals surface area contributed by atoms with Crippen molar-refractivity contribution >= 4 is 17.9 Å². The smallest absolute Gasteiger partial charge is 0.407 e. The van der Waals surface area contributed by atoms with Crippen molar-refractivity contribution in [3.8, 4) is 0 Å². The van der Waals surface area contributed by atoms with Crippen LogP contribution in [0.25, 0.3) is 0 Å². The summed E-state index contributed by atoms with van der Waals surface area (Å²) in [5.41, 5.74) is -0.441. The number of hydrogen-bond acceptors (Lipinski definition) is 5. The minimum absolute atomic E-state index is 0.341. The summed E-state index contributed by atoms with van der Waals surface area (Å²) >= 11 is 2.04. The van der Waals surface area contributed by atoms with E-state index < -0.39 is 5.60 Å². The minimum Gasteiger partial charge on any atom is -0.444 e. The van der Waals surface area contributed by atoms with Gasteiger partial charge in [-0.15, -0.1) is 0 Å². The molecule has 2 unspecified atom stereocenters. The second-order valence-corrected chi connectivity index (χ2v) is 8.01. The SMILES string of the molecule is COCC(CCCNC(=O)OC(C)(C)C)NCC1CCSC1. The maximum Gasteiger partial charge on any atom is 0.407 e. The van der Waals surface area contributed by atoms with Crippen molar-refractivity contribution in [1.29, 1.82) is 0 Å². The van der Waals surface area contributed by atoms with E-state index in [0.717, 1.165) is 25.3 Å². The number of carbonyl (C=O) groups is 1. The van der Waals surface area contributed by atoms with Crippen LogP contribution in [0.2, 0.25) is 0 Å². The number of carbonyl (C=O) groups excluding carboxylic acids is 1. The summed E-state index contributed by atoms with van der Waals surface area (Å²) in [6.07, 6.45) is 2.88. The monoisotopic (exact) mass is 332 g/mol. The second-order valence-electron chi connectivity index (χ2n) is 6.86. The van der Waals surface area contributed by atoms with Gasteiger partial charge in [-0.3, -0.25) is 0 Å². The number of amides is 1. The fraction of sp³-hybridized carbons (Fsp3) is 0.938. The largest absolute Gasteiger partial charge is 0.444 e. The highest BCUT2D eigenvalue weighted by atomic mass is 32.2. The lowest BCUT2D eigenvalue weighted by Gasteiger charge is -2.21. The molecule has 1 saturated heterocycles. The lowest BCUT2D eigenvalue weighted by Crippen LogP contribution is -2.38. The van der Waals surface area contributed by atoms with Crippen LogP contribution in [0, 0.1) is 5.92 Å². The Hall–Kier alpha value is -0.460. The summed E-state index contributed by atoms with van der Waals surface area (Å²) < 4.78 is 10.5. The third-order valence-corrected chi connectivity index (χ3v) is 4.72. The van der Waals surface area contributed by atoms with Crippen molar-refractivity contribution in [2.24, 2.45) is 5.92 Å². The number of hydrogen-bond donors (Lipinski definition) is 2. The Labute approximate surface area is 139 Å². The van der Waals surface area contributed by atoms with E-state index in [1.54, 1.807) is 7.11 Å². The van der Waals surface area contributed by atoms with E-state index >= 15 is 0 Å². The molecule has 6 heteroatoms. The molecule has 0 aromatic rings. The number of thioether (sulfide) groups is 1. The van der Waals surface area contributed by atoms with Gasteiger partial charge in [-0.2, -0.15) is 11.8 Å². The molecule has 5 nitrogen and oxygen atoms in total. The summed E-state index contributed by atoms with van der Waals surface area (Å²) in [6.45, 7) is 8.02. The Morgan fingerprint density at radius 2 is 2.18 bits per heavy atom. The van der Waals surface area contributed by atoms with Crippen molar-refractivity contribution < 1.29 is 14.3 Å². The van der Waals surface area contributed by atoms with Gasteiger partial charge < -0.3 is 20.1 Å². The van der Waals surface area contributed by atoms with Gasteiger partial charge in [0.2, 0.25) is 0 Å². The fourth-order valence-corrected chi connectivity index (χ4v) is 3.66. The highest BCUT2D eigenvalue weighted by Crippen LogP contribution is 2.22. The van der Waals surface area contributed by atoms with Crippen LogP contribution in [0.3, 0.4) is 0 Å². The molecule has 1 rings (SSSR count). The summed E-state index contributed by atoms with van der Waals surface area (Å²) in [6, 6.07) is 0.357. The van der Waals surface area contributed by atoms with Crippen LogP contribution in [0.1, 0.15) is 40.0 Å². The molecule has 1 fully saturated rings. The summed E-state index contributed by atoms with van der Waals surface area (Å²) in [7, 11) is 1.74. The van der Waals surface area contributed by atoms with Crippen molar-refractivity contribution in [1.82, 2.24) is 10.6 Å². The van der Waals surface area contributed by atoms with Crippen molar-refractivity contribution in [3.05, 3.63) is 0 Å². The molecule has 1 aliphatic rings. The Morgan fingerprint density at radius 3 is 2.77 bits per heavy atom. The van der Waals surface area contributed by atoms with E-state index in [0.29, 0.717) is 19.2 Å². The molecule has 0 saturated carbocycles. The molecular formula is C16H32N2O3S. The molecule has 0 radical (unpaired) electrons. The predicted molar refractivity (Wildman–Crippen MR) is 92.6 cm³/mol. The Bertz CT molecular complexity index is 315. The summed E-state index contributed by atoms with van der Waals surface area (Å²) in [5.74, 6) is 3.36. The lowest BCUT2D eigenvalue weighted by atomic mass is 10.1. The number of alkyl carbamates (subject to hydrolysis) is 1. The number of rotatable bonds is 9. The van der Waals surface area contributed by atoms with Gasteiger partial charge in [0, 0.05) is 19.7 Å². The fourth-order valence-electron chi connectivity index (χ4n) is 2.38. The van der Waals surface area contributed by atoms with E-state index in [9.17, 15) is 4.79 Å². The van der Waals surface area contributed by atoms with Crippen LogP contribution < -0.4 is 10.6 Å². The van der Waals surface area contributed by atoms with E-state index in [2.05, 4.69) is 10.6 Å². The maximum absolute atomic E-state index is 11.6. The van der Waals surface area contributed by atoms with Crippen molar-refractivity contribution in [2.45, 2.75) is 51.7 Å². The molecule has 2 N–H and O–H groups in total. The zero-order valence-corrected chi connectivity index (χ0v) is 15.3. The number of nitrogens with one attached hydrogen (secondary N) is 2. The van der Waals surface area contributed by atoms with Crippen LogP contribution in [-0.4, -0.2) is 56.0 Å².